The van der Waals surface area contributed by atoms with E-state index in [-0.39, 0.29) is 0 Å². The first-order valence-electron chi connectivity index (χ1n) is 5.14. The van der Waals surface area contributed by atoms with Gasteiger partial charge in [0.25, 0.3) is 0 Å². The third-order valence-corrected chi connectivity index (χ3v) is 4.38. The van der Waals surface area contributed by atoms with Crippen LogP contribution in [0, 0.1) is 6.92 Å². The first-order chi connectivity index (χ1) is 7.13. The Morgan fingerprint density at radius 3 is 2.80 bits per heavy atom. The molecule has 0 amide bonds. The maximum absolute atomic E-state index is 5.47. The molecule has 1 rings (SSSR count). The van der Waals surface area contributed by atoms with Crippen LogP contribution in [-0.2, 0) is 12.3 Å². The Morgan fingerprint density at radius 2 is 2.20 bits per heavy atom. The predicted octanol–water partition coefficient (Wildman–Crippen LogP) is 2.31. The molecular weight excluding hydrogens is 224 g/mol. The molecule has 15 heavy (non-hydrogen) atoms. The summed E-state index contributed by atoms with van der Waals surface area (Å²) >= 11 is 3.84. The molecule has 1 heterocycles. The van der Waals surface area contributed by atoms with Crippen molar-refractivity contribution in [2.75, 3.05) is 26.4 Å². The van der Waals surface area contributed by atoms with Crippen LogP contribution < -0.4 is 5.73 Å². The third kappa shape index (κ3) is 4.55. The first kappa shape index (κ1) is 13.0. The second-order valence-electron chi connectivity index (χ2n) is 3.87. The zero-order valence-corrected chi connectivity index (χ0v) is 11.4. The second-order valence-corrected chi connectivity index (χ2v) is 6.32. The van der Waals surface area contributed by atoms with E-state index in [0.29, 0.717) is 0 Å². The van der Waals surface area contributed by atoms with Gasteiger partial charge in [0.1, 0.15) is 0 Å². The molecule has 1 aromatic heterocycles. The summed E-state index contributed by atoms with van der Waals surface area (Å²) in [5.74, 6) is 2.16. The highest BCUT2D eigenvalue weighted by Crippen LogP contribution is 2.25. The Labute approximate surface area is 101 Å². The molecule has 4 heteroatoms. The van der Waals surface area contributed by atoms with Crippen LogP contribution in [0.2, 0.25) is 0 Å². The highest BCUT2D eigenvalue weighted by molar-refractivity contribution is 7.98. The molecule has 0 spiro atoms. The fourth-order valence-electron chi connectivity index (χ4n) is 1.41. The molecule has 86 valence electrons. The summed E-state index contributed by atoms with van der Waals surface area (Å²) < 4.78 is 0. The molecule has 0 aromatic carbocycles. The number of nitrogens with two attached hydrogens (primary N) is 1. The van der Waals surface area contributed by atoms with Crippen molar-refractivity contribution in [3.8, 4) is 0 Å². The lowest BCUT2D eigenvalue weighted by molar-refractivity contribution is 0.402. The van der Waals surface area contributed by atoms with Crippen molar-refractivity contribution in [3.05, 3.63) is 21.4 Å². The molecule has 0 fully saturated rings. The number of hydrogen-bond acceptors (Lipinski definition) is 4. The Hall–Kier alpha value is -0.0300. The van der Waals surface area contributed by atoms with Crippen molar-refractivity contribution in [2.45, 2.75) is 19.2 Å². The van der Waals surface area contributed by atoms with Gasteiger partial charge in [-0.2, -0.15) is 11.8 Å². The van der Waals surface area contributed by atoms with Gasteiger partial charge in [-0.15, -0.1) is 11.3 Å². The average molecular weight is 244 g/mol. The van der Waals surface area contributed by atoms with E-state index in [1.165, 1.54) is 15.3 Å². The molecule has 1 aromatic rings. The van der Waals surface area contributed by atoms with Gasteiger partial charge in [-0.05, 0) is 32.6 Å². The van der Waals surface area contributed by atoms with Crippen LogP contribution in [-0.4, -0.2) is 31.3 Å². The van der Waals surface area contributed by atoms with Crippen LogP contribution in [0.25, 0.3) is 0 Å². The molecule has 0 saturated heterocycles. The topological polar surface area (TPSA) is 29.3 Å². The first-order valence-corrected chi connectivity index (χ1v) is 7.11. The van der Waals surface area contributed by atoms with Gasteiger partial charge in [0.2, 0.25) is 0 Å². The SMILES string of the molecule is Cc1sc(CSCCN)cc1CN(C)C. The fourth-order valence-corrected chi connectivity index (χ4v) is 3.34. The van der Waals surface area contributed by atoms with Crippen LogP contribution in [0.5, 0.6) is 0 Å². The lowest BCUT2D eigenvalue weighted by Gasteiger charge is -2.07. The number of nitrogens with zero attached hydrogens (tertiary/aromatic N) is 1. The van der Waals surface area contributed by atoms with Gasteiger partial charge >= 0.3 is 0 Å². The van der Waals surface area contributed by atoms with Gasteiger partial charge in [0.05, 0.1) is 0 Å². The largest absolute Gasteiger partial charge is 0.330 e. The van der Waals surface area contributed by atoms with Crippen molar-refractivity contribution in [1.29, 1.82) is 0 Å². The lowest BCUT2D eigenvalue weighted by Crippen LogP contribution is -2.10. The summed E-state index contributed by atoms with van der Waals surface area (Å²) in [6.07, 6.45) is 0. The quantitative estimate of drug-likeness (QED) is 0.779. The normalized spacial score (nSPS) is 11.3. The summed E-state index contributed by atoms with van der Waals surface area (Å²) in [6, 6.07) is 2.34. The van der Waals surface area contributed by atoms with E-state index >= 15 is 0 Å². The molecule has 0 radical (unpaired) electrons. The van der Waals surface area contributed by atoms with Gasteiger partial charge in [0, 0.05) is 34.3 Å². The van der Waals surface area contributed by atoms with Gasteiger partial charge in [0.15, 0.2) is 0 Å². The van der Waals surface area contributed by atoms with E-state index in [9.17, 15) is 0 Å². The minimum absolute atomic E-state index is 0.777. The molecule has 0 atom stereocenters. The molecule has 2 N–H and O–H groups in total. The standard InChI is InChI=1S/C11H20N2S2/c1-9-10(7-13(2)3)6-11(15-9)8-14-5-4-12/h6H,4-5,7-8,12H2,1-3H3. The molecule has 0 bridgehead atoms. The molecule has 0 unspecified atom stereocenters. The van der Waals surface area contributed by atoms with Crippen molar-refractivity contribution in [2.24, 2.45) is 5.73 Å². The number of thioether (sulfide) groups is 1. The van der Waals surface area contributed by atoms with Gasteiger partial charge in [-0.1, -0.05) is 0 Å². The molecular formula is C11H20N2S2. The predicted molar refractivity (Wildman–Crippen MR) is 71.7 cm³/mol. The summed E-state index contributed by atoms with van der Waals surface area (Å²) in [6.45, 7) is 4.03. The van der Waals surface area contributed by atoms with E-state index < -0.39 is 0 Å². The number of thiophene rings is 1. The fraction of sp³-hybridized carbons (Fsp3) is 0.636. The average Bonchev–Trinajstić information content (AvgIpc) is 2.47. The maximum Gasteiger partial charge on any atom is 0.0279 e. The van der Waals surface area contributed by atoms with Crippen LogP contribution in [0.1, 0.15) is 15.3 Å². The molecule has 0 aliphatic heterocycles. The van der Waals surface area contributed by atoms with Gasteiger partial charge in [-0.25, -0.2) is 0 Å². The molecule has 0 saturated carbocycles. The van der Waals surface area contributed by atoms with Gasteiger partial charge < -0.3 is 10.6 Å². The lowest BCUT2D eigenvalue weighted by atomic mass is 10.2. The summed E-state index contributed by atoms with van der Waals surface area (Å²) in [4.78, 5) is 5.14. The monoisotopic (exact) mass is 244 g/mol. The highest BCUT2D eigenvalue weighted by Gasteiger charge is 2.06. The summed E-state index contributed by atoms with van der Waals surface area (Å²) in [5.41, 5.74) is 6.94. The van der Waals surface area contributed by atoms with E-state index in [4.69, 9.17) is 5.73 Å². The Kier molecular flexibility index (Phi) is 5.68. The van der Waals surface area contributed by atoms with Crippen molar-refractivity contribution >= 4 is 23.1 Å². The Bertz CT molecular complexity index is 295. The van der Waals surface area contributed by atoms with Crippen LogP contribution in [0.4, 0.5) is 0 Å². The van der Waals surface area contributed by atoms with E-state index in [2.05, 4.69) is 32.0 Å². The zero-order valence-electron chi connectivity index (χ0n) is 9.75. The smallest absolute Gasteiger partial charge is 0.0279 e. The number of rotatable bonds is 6. The second kappa shape index (κ2) is 6.53. The Balaban J connectivity index is 2.52. The summed E-state index contributed by atoms with van der Waals surface area (Å²) in [5, 5.41) is 0. The minimum Gasteiger partial charge on any atom is -0.330 e. The van der Waals surface area contributed by atoms with E-state index in [1.807, 2.05) is 23.1 Å². The van der Waals surface area contributed by atoms with Crippen molar-refractivity contribution < 1.29 is 0 Å². The van der Waals surface area contributed by atoms with E-state index in [0.717, 1.165) is 24.6 Å². The Morgan fingerprint density at radius 1 is 1.47 bits per heavy atom. The van der Waals surface area contributed by atoms with Crippen molar-refractivity contribution in [3.63, 3.8) is 0 Å². The highest BCUT2D eigenvalue weighted by atomic mass is 32.2. The van der Waals surface area contributed by atoms with Crippen LogP contribution in [0.15, 0.2) is 6.07 Å². The molecule has 0 aliphatic carbocycles. The van der Waals surface area contributed by atoms with Crippen molar-refractivity contribution in [1.82, 2.24) is 4.90 Å². The zero-order chi connectivity index (χ0) is 11.3. The maximum atomic E-state index is 5.47. The van der Waals surface area contributed by atoms with Crippen LogP contribution >= 0.6 is 23.1 Å². The molecule has 0 aliphatic rings. The molecule has 2 nitrogen and oxygen atoms in total. The number of hydrogen-bond donors (Lipinski definition) is 1. The summed E-state index contributed by atoms with van der Waals surface area (Å²) in [7, 11) is 4.22. The van der Waals surface area contributed by atoms with Crippen LogP contribution in [0.3, 0.4) is 0 Å². The van der Waals surface area contributed by atoms with Gasteiger partial charge in [-0.3, -0.25) is 0 Å². The van der Waals surface area contributed by atoms with E-state index in [1.54, 1.807) is 0 Å². The number of aryl methyl sites for hydroxylation is 1. The third-order valence-electron chi connectivity index (χ3n) is 2.06. The minimum atomic E-state index is 0.777.